The summed E-state index contributed by atoms with van der Waals surface area (Å²) >= 11 is 6.49. The number of carbonyl (C=O) groups is 1. The van der Waals surface area contributed by atoms with Gasteiger partial charge in [0.2, 0.25) is 6.79 Å². The summed E-state index contributed by atoms with van der Waals surface area (Å²) in [6.45, 7) is 10.1. The first-order chi connectivity index (χ1) is 14.1. The van der Waals surface area contributed by atoms with Gasteiger partial charge in [0.15, 0.2) is 5.76 Å². The van der Waals surface area contributed by atoms with Crippen LogP contribution >= 0.6 is 11.6 Å². The largest absolute Gasteiger partial charge is 0.510 e. The molecule has 160 valence electrons. The summed E-state index contributed by atoms with van der Waals surface area (Å²) in [5.41, 5.74) is 3.05. The Labute approximate surface area is 181 Å². The zero-order valence-electron chi connectivity index (χ0n) is 18.1. The van der Waals surface area contributed by atoms with Gasteiger partial charge in [-0.05, 0) is 30.4 Å². The Morgan fingerprint density at radius 2 is 1.87 bits per heavy atom. The molecule has 0 fully saturated rings. The van der Waals surface area contributed by atoms with Gasteiger partial charge in [-0.2, -0.15) is 10.4 Å². The van der Waals surface area contributed by atoms with Gasteiger partial charge in [-0.15, -0.1) is 0 Å². The maximum atomic E-state index is 11.3. The lowest BCUT2D eigenvalue weighted by Crippen LogP contribution is -2.12. The Bertz CT molecular complexity index is 980. The summed E-state index contributed by atoms with van der Waals surface area (Å²) in [6.07, 6.45) is -0.895. The molecule has 0 aliphatic heterocycles. The molecule has 0 amide bonds. The van der Waals surface area contributed by atoms with Crippen molar-refractivity contribution < 1.29 is 19.0 Å². The molecule has 0 spiro atoms. The number of aromatic nitrogens is 2. The van der Waals surface area contributed by atoms with Gasteiger partial charge in [-0.3, -0.25) is 4.68 Å². The van der Waals surface area contributed by atoms with Crippen molar-refractivity contribution in [1.82, 2.24) is 9.78 Å². The van der Waals surface area contributed by atoms with E-state index in [-0.39, 0.29) is 16.7 Å². The molecule has 0 bridgehead atoms. The van der Waals surface area contributed by atoms with Crippen LogP contribution in [-0.2, 0) is 26.2 Å². The number of halogens is 1. The van der Waals surface area contributed by atoms with Crippen LogP contribution in [0.4, 0.5) is 4.79 Å². The van der Waals surface area contributed by atoms with Crippen molar-refractivity contribution >= 4 is 29.1 Å². The van der Waals surface area contributed by atoms with E-state index in [1.165, 1.54) is 7.11 Å². The minimum absolute atomic E-state index is 0.0238. The molecule has 0 saturated heterocycles. The number of benzene rings is 1. The van der Waals surface area contributed by atoms with Gasteiger partial charge in [0.1, 0.15) is 17.3 Å². The average Bonchev–Trinajstić information content (AvgIpc) is 3.00. The molecular formula is C22H26ClN3O4. The minimum atomic E-state index is -0.895. The predicted octanol–water partition coefficient (Wildman–Crippen LogP) is 5.31. The molecule has 2 rings (SSSR count). The van der Waals surface area contributed by atoms with Gasteiger partial charge in [-0.25, -0.2) is 4.79 Å². The number of hydrogen-bond acceptors (Lipinski definition) is 6. The summed E-state index contributed by atoms with van der Waals surface area (Å²) in [6, 6.07) is 9.86. The Kier molecular flexibility index (Phi) is 7.52. The summed E-state index contributed by atoms with van der Waals surface area (Å²) in [5.74, 6) is 0.178. The van der Waals surface area contributed by atoms with Crippen LogP contribution in [0.15, 0.2) is 24.3 Å². The first-order valence-corrected chi connectivity index (χ1v) is 9.83. The molecule has 0 saturated carbocycles. The number of methoxy groups -OCH3 is 1. The van der Waals surface area contributed by atoms with E-state index in [0.717, 1.165) is 5.56 Å². The van der Waals surface area contributed by atoms with Crippen molar-refractivity contribution in [3.63, 3.8) is 0 Å². The molecule has 0 aliphatic carbocycles. The van der Waals surface area contributed by atoms with Crippen molar-refractivity contribution in [3.05, 3.63) is 51.8 Å². The highest BCUT2D eigenvalue weighted by atomic mass is 35.5. The molecule has 1 aromatic carbocycles. The molecule has 7 nitrogen and oxygen atoms in total. The summed E-state index contributed by atoms with van der Waals surface area (Å²) in [7, 11) is 1.20. The standard InChI is InChI=1S/C22H26ClN3O4/c1-7-26-19(18(23)14(2)25-26)20(29-13-30-21(27)28-6)17(12-24)15-8-10-16(11-9-15)22(3,4)5/h8-11H,7,13H2,1-6H3/b20-17-. The molecule has 0 aliphatic rings. The number of ether oxygens (including phenoxy) is 3. The van der Waals surface area contributed by atoms with Crippen LogP contribution in [0.1, 0.15) is 50.2 Å². The molecule has 8 heteroatoms. The fraction of sp³-hybridized carbons (Fsp3) is 0.409. The topological polar surface area (TPSA) is 86.4 Å². The highest BCUT2D eigenvalue weighted by molar-refractivity contribution is 6.33. The lowest BCUT2D eigenvalue weighted by atomic mass is 9.86. The molecule has 0 atom stereocenters. The molecule has 0 radical (unpaired) electrons. The fourth-order valence-corrected chi connectivity index (χ4v) is 3.06. The van der Waals surface area contributed by atoms with Crippen molar-refractivity contribution in [1.29, 1.82) is 5.26 Å². The van der Waals surface area contributed by atoms with E-state index in [1.54, 1.807) is 11.6 Å². The summed E-state index contributed by atoms with van der Waals surface area (Å²) in [4.78, 5) is 11.3. The molecule has 1 heterocycles. The number of allylic oxidation sites excluding steroid dienone is 1. The second kappa shape index (κ2) is 9.68. The first-order valence-electron chi connectivity index (χ1n) is 9.46. The summed E-state index contributed by atoms with van der Waals surface area (Å²) < 4.78 is 16.7. The van der Waals surface area contributed by atoms with E-state index in [1.807, 2.05) is 31.2 Å². The van der Waals surface area contributed by atoms with Gasteiger partial charge < -0.3 is 14.2 Å². The highest BCUT2D eigenvalue weighted by Gasteiger charge is 2.24. The van der Waals surface area contributed by atoms with E-state index in [9.17, 15) is 10.1 Å². The van der Waals surface area contributed by atoms with Crippen LogP contribution in [0.3, 0.4) is 0 Å². The van der Waals surface area contributed by atoms with Crippen LogP contribution in [0, 0.1) is 18.3 Å². The number of carbonyl (C=O) groups excluding carboxylic acids is 1. The Morgan fingerprint density at radius 1 is 1.23 bits per heavy atom. The molecule has 1 aromatic heterocycles. The van der Waals surface area contributed by atoms with Crippen LogP contribution in [0.5, 0.6) is 0 Å². The second-order valence-electron chi connectivity index (χ2n) is 7.57. The lowest BCUT2D eigenvalue weighted by molar-refractivity contribution is 0.00348. The summed E-state index contributed by atoms with van der Waals surface area (Å²) in [5, 5.41) is 14.7. The predicted molar refractivity (Wildman–Crippen MR) is 115 cm³/mol. The van der Waals surface area contributed by atoms with E-state index in [0.29, 0.717) is 28.5 Å². The van der Waals surface area contributed by atoms with Gasteiger partial charge >= 0.3 is 6.16 Å². The second-order valence-corrected chi connectivity index (χ2v) is 7.95. The van der Waals surface area contributed by atoms with Crippen molar-refractivity contribution in [2.45, 2.75) is 46.6 Å². The van der Waals surface area contributed by atoms with Gasteiger partial charge in [0.05, 0.1) is 17.8 Å². The maximum absolute atomic E-state index is 11.3. The smallest absolute Gasteiger partial charge is 0.453 e. The van der Waals surface area contributed by atoms with Crippen molar-refractivity contribution in [2.24, 2.45) is 0 Å². The SMILES string of the molecule is CCn1nc(C)c(Cl)c1/C(OCOC(=O)OC)=C(\C#N)c1ccc(C(C)(C)C)cc1. The van der Waals surface area contributed by atoms with Crippen molar-refractivity contribution in [2.75, 3.05) is 13.9 Å². The van der Waals surface area contributed by atoms with Gasteiger partial charge in [0.25, 0.3) is 0 Å². The number of nitriles is 1. The fourth-order valence-electron chi connectivity index (χ4n) is 2.84. The molecule has 2 aromatic rings. The van der Waals surface area contributed by atoms with E-state index < -0.39 is 12.9 Å². The third kappa shape index (κ3) is 5.14. The van der Waals surface area contributed by atoms with Crippen LogP contribution in [0.2, 0.25) is 5.02 Å². The Balaban J connectivity index is 2.61. The Morgan fingerprint density at radius 3 is 2.37 bits per heavy atom. The zero-order valence-corrected chi connectivity index (χ0v) is 18.8. The normalized spacial score (nSPS) is 12.1. The quantitative estimate of drug-likeness (QED) is 0.266. The highest BCUT2D eigenvalue weighted by Crippen LogP contribution is 2.34. The third-order valence-electron chi connectivity index (χ3n) is 4.49. The molecule has 0 N–H and O–H groups in total. The number of hydrogen-bond donors (Lipinski definition) is 0. The first kappa shape index (κ1) is 23.3. The van der Waals surface area contributed by atoms with Crippen LogP contribution < -0.4 is 0 Å². The van der Waals surface area contributed by atoms with E-state index in [2.05, 4.69) is 36.7 Å². The minimum Gasteiger partial charge on any atom is -0.453 e. The molecular weight excluding hydrogens is 406 g/mol. The zero-order chi connectivity index (χ0) is 22.5. The third-order valence-corrected chi connectivity index (χ3v) is 4.95. The van der Waals surface area contributed by atoms with Crippen LogP contribution in [-0.4, -0.2) is 29.8 Å². The number of rotatable bonds is 6. The average molecular weight is 432 g/mol. The molecule has 0 unspecified atom stereocenters. The van der Waals surface area contributed by atoms with Gasteiger partial charge in [0, 0.05) is 6.54 Å². The number of nitrogens with zero attached hydrogens (tertiary/aromatic N) is 3. The number of aryl methyl sites for hydroxylation is 2. The van der Waals surface area contributed by atoms with E-state index in [4.69, 9.17) is 21.1 Å². The van der Waals surface area contributed by atoms with Gasteiger partial charge in [-0.1, -0.05) is 56.6 Å². The van der Waals surface area contributed by atoms with Crippen LogP contribution in [0.25, 0.3) is 11.3 Å². The lowest BCUT2D eigenvalue weighted by Gasteiger charge is -2.19. The maximum Gasteiger partial charge on any atom is 0.510 e. The molecule has 30 heavy (non-hydrogen) atoms. The monoisotopic (exact) mass is 431 g/mol. The van der Waals surface area contributed by atoms with E-state index >= 15 is 0 Å². The van der Waals surface area contributed by atoms with Crippen molar-refractivity contribution in [3.8, 4) is 6.07 Å². The Hall–Kier alpha value is -2.98.